The number of hydrogen-bond donors (Lipinski definition) is 0. The smallest absolute Gasteiger partial charge is 0.199 e. The zero-order valence-electron chi connectivity index (χ0n) is 3.87. The molecule has 0 aromatic carbocycles. The van der Waals surface area contributed by atoms with Gasteiger partial charge in [0.1, 0.15) is 0 Å². The second-order valence-electron chi connectivity index (χ2n) is 1.43. The van der Waals surface area contributed by atoms with E-state index in [4.69, 9.17) is 19.6 Å². The minimum Gasteiger partial charge on any atom is -0.199 e. The highest BCUT2D eigenvalue weighted by atomic mass is 79.9. The van der Waals surface area contributed by atoms with Gasteiger partial charge in [-0.05, 0) is 35.6 Å². The van der Waals surface area contributed by atoms with Crippen LogP contribution in [0.3, 0.4) is 0 Å². The van der Waals surface area contributed by atoms with Crippen molar-refractivity contribution in [2.45, 2.75) is 4.46 Å². The van der Waals surface area contributed by atoms with Gasteiger partial charge >= 0.3 is 0 Å². The van der Waals surface area contributed by atoms with Gasteiger partial charge in [0.2, 0.25) is 0 Å². The Balaban J connectivity index is 4.02. The Morgan fingerprint density at radius 3 is 1.38 bits per heavy atom. The van der Waals surface area contributed by atoms with Gasteiger partial charge in [-0.1, -0.05) is 0 Å². The monoisotopic (exact) mass is 196 g/mol. The third kappa shape index (κ3) is 2.22. The van der Waals surface area contributed by atoms with Crippen LogP contribution in [0, 0.1) is 19.6 Å². The highest BCUT2D eigenvalue weighted by molar-refractivity contribution is 9.10. The summed E-state index contributed by atoms with van der Waals surface area (Å²) >= 11 is 1.95. The van der Waals surface area contributed by atoms with Gasteiger partial charge in [-0.2, -0.15) is 8.78 Å². The fourth-order valence-electron chi connectivity index (χ4n) is 0. The molecular weight excluding hydrogens is 194 g/mol. The molecule has 0 unspecified atom stereocenters. The Kier molecular flexibility index (Phi) is 2.20. The van der Waals surface area contributed by atoms with Crippen LogP contribution in [-0.2, 0) is 0 Å². The van der Waals surface area contributed by atoms with E-state index in [9.17, 15) is 8.78 Å². The number of halogens is 3. The predicted molar refractivity (Wildman–Crippen MR) is 32.5 cm³/mol. The van der Waals surface area contributed by atoms with Gasteiger partial charge in [0.25, 0.3) is 4.46 Å². The normalized spacial score (nSPS) is 14.2. The van der Waals surface area contributed by atoms with Crippen molar-refractivity contribution >= 4 is 24.0 Å². The summed E-state index contributed by atoms with van der Waals surface area (Å²) in [4.78, 5) is 0. The molecule has 0 bridgehead atoms. The lowest BCUT2D eigenvalue weighted by Crippen LogP contribution is -2.41. The Morgan fingerprint density at radius 1 is 1.25 bits per heavy atom. The Hall–Kier alpha value is 0.557. The van der Waals surface area contributed by atoms with Crippen LogP contribution in [0.1, 0.15) is 0 Å². The molecule has 44 valence electrons. The lowest BCUT2D eigenvalue weighted by Gasteiger charge is -2.20. The summed E-state index contributed by atoms with van der Waals surface area (Å²) in [6.07, 6.45) is 0. The van der Waals surface area contributed by atoms with E-state index < -0.39 is 12.5 Å². The molecule has 0 aromatic heterocycles. The molecule has 0 aliphatic carbocycles. The maximum Gasteiger partial charge on any atom is 0.281 e. The van der Waals surface area contributed by atoms with Gasteiger partial charge in [0, 0.05) is 0 Å². The van der Waals surface area contributed by atoms with Crippen LogP contribution >= 0.6 is 15.9 Å². The molecule has 6 radical (unpaired) electrons. The number of rotatable bonds is 1. The number of alkyl halides is 3. The van der Waals surface area contributed by atoms with Crippen molar-refractivity contribution in [3.05, 3.63) is 19.6 Å². The fraction of sp³-hybridized carbons (Fsp3) is 0.250. The first kappa shape index (κ1) is 8.56. The first-order valence-electron chi connectivity index (χ1n) is 1.68. The molecular formula is C4H3BrF2Si. The van der Waals surface area contributed by atoms with Crippen molar-refractivity contribution < 1.29 is 8.78 Å². The molecule has 0 aliphatic rings. The lowest BCUT2D eigenvalue weighted by atomic mass is 11.6. The standard InChI is InChI=1S/C4H3BrF2Si/c1-8(2,3)4(5,6)7/h1-3H. The zero-order chi connectivity index (χ0) is 7.00. The molecule has 0 aliphatic heterocycles. The molecule has 8 heavy (non-hydrogen) atoms. The van der Waals surface area contributed by atoms with Crippen molar-refractivity contribution in [2.75, 3.05) is 0 Å². The summed E-state index contributed by atoms with van der Waals surface area (Å²) in [5.74, 6) is 0. The fourth-order valence-corrected chi connectivity index (χ4v) is 0. The van der Waals surface area contributed by atoms with Gasteiger partial charge in [0.15, 0.2) is 8.07 Å². The molecule has 0 nitrogen and oxygen atoms in total. The molecule has 0 fully saturated rings. The topological polar surface area (TPSA) is 0 Å². The van der Waals surface area contributed by atoms with Crippen LogP contribution in [0.5, 0.6) is 0 Å². The molecule has 0 amide bonds. The third-order valence-corrected chi connectivity index (χ3v) is 3.53. The van der Waals surface area contributed by atoms with E-state index >= 15 is 0 Å². The zero-order valence-corrected chi connectivity index (χ0v) is 6.45. The SMILES string of the molecule is [CH][Si]([CH])([CH])C(F)(F)Br. The van der Waals surface area contributed by atoms with Crippen molar-refractivity contribution in [3.8, 4) is 0 Å². The summed E-state index contributed by atoms with van der Waals surface area (Å²) in [5, 5.41) is 0. The first-order chi connectivity index (χ1) is 3.25. The van der Waals surface area contributed by atoms with Crippen LogP contribution < -0.4 is 0 Å². The minimum atomic E-state index is -3.78. The highest BCUT2D eigenvalue weighted by Crippen LogP contribution is 2.30. The van der Waals surface area contributed by atoms with Gasteiger partial charge < -0.3 is 0 Å². The number of hydrogen-bond acceptors (Lipinski definition) is 0. The van der Waals surface area contributed by atoms with Crippen molar-refractivity contribution in [2.24, 2.45) is 0 Å². The van der Waals surface area contributed by atoms with Crippen molar-refractivity contribution in [1.82, 2.24) is 0 Å². The quantitative estimate of drug-likeness (QED) is 0.443. The van der Waals surface area contributed by atoms with Gasteiger partial charge in [0.05, 0.1) is 0 Å². The van der Waals surface area contributed by atoms with Gasteiger partial charge in [-0.3, -0.25) is 0 Å². The van der Waals surface area contributed by atoms with Crippen molar-refractivity contribution in [3.63, 3.8) is 0 Å². The highest BCUT2D eigenvalue weighted by Gasteiger charge is 2.42. The average Bonchev–Trinajstić information content (AvgIpc) is 1.25. The van der Waals surface area contributed by atoms with E-state index in [1.807, 2.05) is 15.9 Å². The van der Waals surface area contributed by atoms with Crippen LogP contribution in [0.2, 0.25) is 0 Å². The lowest BCUT2D eigenvalue weighted by molar-refractivity contribution is 0.200. The third-order valence-electron chi connectivity index (χ3n) is 0.491. The molecule has 0 heterocycles. The van der Waals surface area contributed by atoms with Crippen LogP contribution in [0.15, 0.2) is 0 Å². The Morgan fingerprint density at radius 2 is 1.38 bits per heavy atom. The van der Waals surface area contributed by atoms with Crippen LogP contribution in [-0.4, -0.2) is 12.5 Å². The van der Waals surface area contributed by atoms with Crippen molar-refractivity contribution in [1.29, 1.82) is 0 Å². The molecule has 4 heteroatoms. The average molecular weight is 197 g/mol. The van der Waals surface area contributed by atoms with E-state index in [2.05, 4.69) is 0 Å². The maximum atomic E-state index is 11.8. The molecule has 0 N–H and O–H groups in total. The maximum absolute atomic E-state index is 11.8. The summed E-state index contributed by atoms with van der Waals surface area (Å²) in [6, 6.07) is 0. The Labute approximate surface area is 57.4 Å². The molecule has 0 atom stereocenters. The molecule has 0 aromatic rings. The van der Waals surface area contributed by atoms with Crippen LogP contribution in [0.4, 0.5) is 8.78 Å². The van der Waals surface area contributed by atoms with Gasteiger partial charge in [-0.25, -0.2) is 0 Å². The molecule has 0 saturated heterocycles. The minimum absolute atomic E-state index is 1.95. The van der Waals surface area contributed by atoms with Crippen LogP contribution in [0.25, 0.3) is 0 Å². The summed E-state index contributed by atoms with van der Waals surface area (Å²) in [5.41, 5.74) is 0. The second kappa shape index (κ2) is 2.06. The largest absolute Gasteiger partial charge is 0.281 e. The predicted octanol–water partition coefficient (Wildman–Crippen LogP) is 1.71. The molecule has 0 spiro atoms. The molecule has 0 saturated carbocycles. The Bertz CT molecular complexity index is 69.0. The van der Waals surface area contributed by atoms with E-state index in [1.54, 1.807) is 0 Å². The van der Waals surface area contributed by atoms with E-state index in [0.29, 0.717) is 0 Å². The summed E-state index contributed by atoms with van der Waals surface area (Å²) in [7, 11) is -3.78. The first-order valence-corrected chi connectivity index (χ1v) is 4.71. The summed E-state index contributed by atoms with van der Waals surface area (Å²) < 4.78 is 20.4. The second-order valence-corrected chi connectivity index (χ2v) is 5.65. The van der Waals surface area contributed by atoms with Gasteiger partial charge in [-0.15, -0.1) is 0 Å². The van der Waals surface area contributed by atoms with E-state index in [-0.39, 0.29) is 0 Å². The van der Waals surface area contributed by atoms with E-state index in [1.165, 1.54) is 0 Å². The molecule has 0 rings (SSSR count). The van der Waals surface area contributed by atoms with E-state index in [0.717, 1.165) is 0 Å². The summed E-state index contributed by atoms with van der Waals surface area (Å²) in [6.45, 7) is 14.1.